The Bertz CT molecular complexity index is 183. The lowest BCUT2D eigenvalue weighted by molar-refractivity contribution is -0.160. The van der Waals surface area contributed by atoms with Crippen molar-refractivity contribution in [1.29, 1.82) is 0 Å². The Hall–Kier alpha value is -0.830. The average molecular weight is 198 g/mol. The first kappa shape index (κ1) is 11.2. The van der Waals surface area contributed by atoms with Crippen molar-refractivity contribution in [2.75, 3.05) is 6.79 Å². The van der Waals surface area contributed by atoms with Crippen LogP contribution in [0.15, 0.2) is 12.7 Å². The van der Waals surface area contributed by atoms with E-state index in [4.69, 9.17) is 9.47 Å². The summed E-state index contributed by atoms with van der Waals surface area (Å²) in [6.45, 7) is 3.65. The predicted octanol–water partition coefficient (Wildman–Crippen LogP) is 2.41. The zero-order valence-corrected chi connectivity index (χ0v) is 8.54. The molecule has 0 heterocycles. The van der Waals surface area contributed by atoms with E-state index in [0.717, 1.165) is 12.8 Å². The van der Waals surface area contributed by atoms with Crippen LogP contribution in [-0.2, 0) is 14.3 Å². The van der Waals surface area contributed by atoms with E-state index in [1.807, 2.05) is 0 Å². The monoisotopic (exact) mass is 198 g/mol. The van der Waals surface area contributed by atoms with Gasteiger partial charge in [0.15, 0.2) is 6.79 Å². The molecule has 14 heavy (non-hydrogen) atoms. The molecule has 0 spiro atoms. The van der Waals surface area contributed by atoms with Crippen LogP contribution in [0.1, 0.15) is 38.5 Å². The lowest BCUT2D eigenvalue weighted by Gasteiger charge is -2.10. The normalized spacial score (nSPS) is 16.9. The Kier molecular flexibility index (Phi) is 5.30. The second-order valence-electron chi connectivity index (χ2n) is 3.53. The minimum absolute atomic E-state index is 0.112. The summed E-state index contributed by atoms with van der Waals surface area (Å²) in [5.74, 6) is -0.206. The van der Waals surface area contributed by atoms with Crippen molar-refractivity contribution in [3.8, 4) is 0 Å². The van der Waals surface area contributed by atoms with Gasteiger partial charge >= 0.3 is 5.97 Å². The third-order valence-electron chi connectivity index (χ3n) is 2.38. The number of allylic oxidation sites excluding steroid dienone is 1. The fourth-order valence-corrected chi connectivity index (χ4v) is 1.54. The van der Waals surface area contributed by atoms with Gasteiger partial charge in [0.2, 0.25) is 0 Å². The van der Waals surface area contributed by atoms with E-state index in [9.17, 15) is 4.79 Å². The summed E-state index contributed by atoms with van der Waals surface area (Å²) in [4.78, 5) is 11.0. The van der Waals surface area contributed by atoms with Gasteiger partial charge in [-0.1, -0.05) is 18.9 Å². The molecule has 1 aliphatic rings. The Morgan fingerprint density at radius 1 is 1.43 bits per heavy atom. The van der Waals surface area contributed by atoms with E-state index in [-0.39, 0.29) is 12.8 Å². The van der Waals surface area contributed by atoms with Gasteiger partial charge in [0, 0.05) is 6.42 Å². The fourth-order valence-electron chi connectivity index (χ4n) is 1.54. The van der Waals surface area contributed by atoms with Crippen LogP contribution >= 0.6 is 0 Å². The van der Waals surface area contributed by atoms with Gasteiger partial charge in [-0.3, -0.25) is 4.79 Å². The third-order valence-corrected chi connectivity index (χ3v) is 2.38. The highest BCUT2D eigenvalue weighted by molar-refractivity contribution is 5.69. The molecule has 1 aliphatic carbocycles. The first-order chi connectivity index (χ1) is 6.83. The van der Waals surface area contributed by atoms with E-state index in [0.29, 0.717) is 18.9 Å². The van der Waals surface area contributed by atoms with Crippen LogP contribution in [0.2, 0.25) is 0 Å². The summed E-state index contributed by atoms with van der Waals surface area (Å²) in [6, 6.07) is 0. The lowest BCUT2D eigenvalue weighted by atomic mass is 10.3. The highest BCUT2D eigenvalue weighted by atomic mass is 16.7. The van der Waals surface area contributed by atoms with Crippen molar-refractivity contribution in [3.63, 3.8) is 0 Å². The molecule has 3 heteroatoms. The number of carbonyl (C=O) groups is 1. The minimum Gasteiger partial charge on any atom is -0.438 e. The molecule has 0 atom stereocenters. The standard InChI is InChI=1S/C11H18O3/c1-2-3-8-11(12)14-9-13-10-6-4-5-7-10/h2,10H,1,3-9H2. The molecule has 0 saturated heterocycles. The number of hydrogen-bond acceptors (Lipinski definition) is 3. The second-order valence-corrected chi connectivity index (χ2v) is 3.53. The summed E-state index contributed by atoms with van der Waals surface area (Å²) >= 11 is 0. The third kappa shape index (κ3) is 4.42. The van der Waals surface area contributed by atoms with Crippen molar-refractivity contribution in [1.82, 2.24) is 0 Å². The summed E-state index contributed by atoms with van der Waals surface area (Å²) in [5, 5.41) is 0. The van der Waals surface area contributed by atoms with Crippen molar-refractivity contribution < 1.29 is 14.3 Å². The Morgan fingerprint density at radius 3 is 2.79 bits per heavy atom. The van der Waals surface area contributed by atoms with E-state index < -0.39 is 0 Å². The summed E-state index contributed by atoms with van der Waals surface area (Å²) in [5.41, 5.74) is 0. The van der Waals surface area contributed by atoms with E-state index in [1.54, 1.807) is 6.08 Å². The van der Waals surface area contributed by atoms with Crippen LogP contribution in [0.3, 0.4) is 0 Å². The molecular formula is C11H18O3. The van der Waals surface area contributed by atoms with Crippen LogP contribution in [0.4, 0.5) is 0 Å². The minimum atomic E-state index is -0.206. The smallest absolute Gasteiger partial charge is 0.308 e. The zero-order chi connectivity index (χ0) is 10.2. The molecule has 0 aromatic rings. The quantitative estimate of drug-likeness (QED) is 0.373. The molecule has 0 radical (unpaired) electrons. The highest BCUT2D eigenvalue weighted by Gasteiger charge is 2.15. The van der Waals surface area contributed by atoms with E-state index >= 15 is 0 Å². The molecule has 80 valence electrons. The lowest BCUT2D eigenvalue weighted by Crippen LogP contribution is -2.14. The second kappa shape index (κ2) is 6.60. The van der Waals surface area contributed by atoms with Crippen LogP contribution in [-0.4, -0.2) is 18.9 Å². The van der Waals surface area contributed by atoms with Gasteiger partial charge < -0.3 is 9.47 Å². The van der Waals surface area contributed by atoms with Gasteiger partial charge in [0.25, 0.3) is 0 Å². The molecule has 1 saturated carbocycles. The molecule has 0 aliphatic heterocycles. The molecule has 0 unspecified atom stereocenters. The first-order valence-corrected chi connectivity index (χ1v) is 5.21. The zero-order valence-electron chi connectivity index (χ0n) is 8.54. The summed E-state index contributed by atoms with van der Waals surface area (Å²) in [7, 11) is 0. The van der Waals surface area contributed by atoms with Crippen molar-refractivity contribution >= 4 is 5.97 Å². The Labute approximate surface area is 85.1 Å². The fraction of sp³-hybridized carbons (Fsp3) is 0.727. The number of rotatable bonds is 6. The molecule has 0 aromatic carbocycles. The maximum atomic E-state index is 11.0. The van der Waals surface area contributed by atoms with Crippen LogP contribution in [0, 0.1) is 0 Å². The van der Waals surface area contributed by atoms with Crippen molar-refractivity contribution in [2.24, 2.45) is 0 Å². The van der Waals surface area contributed by atoms with Crippen LogP contribution in [0.5, 0.6) is 0 Å². The van der Waals surface area contributed by atoms with Gasteiger partial charge in [-0.25, -0.2) is 0 Å². The highest BCUT2D eigenvalue weighted by Crippen LogP contribution is 2.20. The molecule has 0 amide bonds. The van der Waals surface area contributed by atoms with E-state index in [2.05, 4.69) is 6.58 Å². The molecule has 0 bridgehead atoms. The number of esters is 1. The van der Waals surface area contributed by atoms with Crippen LogP contribution in [0.25, 0.3) is 0 Å². The average Bonchev–Trinajstić information content (AvgIpc) is 2.67. The van der Waals surface area contributed by atoms with Crippen molar-refractivity contribution in [2.45, 2.75) is 44.6 Å². The van der Waals surface area contributed by atoms with Crippen molar-refractivity contribution in [3.05, 3.63) is 12.7 Å². The largest absolute Gasteiger partial charge is 0.438 e. The first-order valence-electron chi connectivity index (χ1n) is 5.21. The maximum absolute atomic E-state index is 11.0. The molecule has 3 nitrogen and oxygen atoms in total. The summed E-state index contributed by atoms with van der Waals surface area (Å²) < 4.78 is 10.3. The molecule has 0 aromatic heterocycles. The number of ether oxygens (including phenoxy) is 2. The molecule has 0 N–H and O–H groups in total. The van der Waals surface area contributed by atoms with Gasteiger partial charge in [-0.15, -0.1) is 6.58 Å². The van der Waals surface area contributed by atoms with Gasteiger partial charge in [0.1, 0.15) is 0 Å². The topological polar surface area (TPSA) is 35.5 Å². The van der Waals surface area contributed by atoms with Gasteiger partial charge in [-0.2, -0.15) is 0 Å². The molecule has 1 rings (SSSR count). The molecule has 1 fully saturated rings. The summed E-state index contributed by atoms with van der Waals surface area (Å²) in [6.07, 6.45) is 7.75. The SMILES string of the molecule is C=CCCC(=O)OCOC1CCCC1. The molecular weight excluding hydrogens is 180 g/mol. The maximum Gasteiger partial charge on any atom is 0.308 e. The van der Waals surface area contributed by atoms with E-state index in [1.165, 1.54) is 12.8 Å². The Morgan fingerprint density at radius 2 is 2.14 bits per heavy atom. The number of carbonyl (C=O) groups excluding carboxylic acids is 1. The van der Waals surface area contributed by atoms with Gasteiger partial charge in [-0.05, 0) is 19.3 Å². The number of hydrogen-bond donors (Lipinski definition) is 0. The van der Waals surface area contributed by atoms with Gasteiger partial charge in [0.05, 0.1) is 6.10 Å². The Balaban J connectivity index is 1.96. The van der Waals surface area contributed by atoms with Crippen LogP contribution < -0.4 is 0 Å². The predicted molar refractivity (Wildman–Crippen MR) is 53.7 cm³/mol.